The van der Waals surface area contributed by atoms with E-state index in [4.69, 9.17) is 5.11 Å². The van der Waals surface area contributed by atoms with Crippen molar-refractivity contribution in [3.63, 3.8) is 0 Å². The molecular weight excluding hydrogens is 186 g/mol. The van der Waals surface area contributed by atoms with Gasteiger partial charge >= 0.3 is 0 Å². The van der Waals surface area contributed by atoms with Crippen LogP contribution < -0.4 is 5.32 Å². The first-order valence-electron chi connectivity index (χ1n) is 6.38. The Labute approximate surface area is 94.5 Å². The molecule has 0 saturated heterocycles. The van der Waals surface area contributed by atoms with Gasteiger partial charge in [-0.15, -0.1) is 0 Å². The van der Waals surface area contributed by atoms with Crippen LogP contribution in [0.25, 0.3) is 0 Å². The van der Waals surface area contributed by atoms with E-state index in [0.717, 1.165) is 12.5 Å². The summed E-state index contributed by atoms with van der Waals surface area (Å²) < 4.78 is 0. The van der Waals surface area contributed by atoms with E-state index in [1.54, 1.807) is 0 Å². The number of rotatable bonds is 3. The van der Waals surface area contributed by atoms with Crippen molar-refractivity contribution in [2.24, 2.45) is 11.3 Å². The predicted molar refractivity (Wildman–Crippen MR) is 64.9 cm³/mol. The maximum absolute atomic E-state index is 8.79. The van der Waals surface area contributed by atoms with E-state index in [0.29, 0.717) is 11.5 Å². The minimum absolute atomic E-state index is 0.263. The van der Waals surface area contributed by atoms with Crippen LogP contribution in [0.3, 0.4) is 0 Å². The largest absolute Gasteiger partial charge is 0.395 e. The Balaban J connectivity index is 2.35. The van der Waals surface area contributed by atoms with Crippen molar-refractivity contribution >= 4 is 0 Å². The van der Waals surface area contributed by atoms with E-state index in [1.165, 1.54) is 32.1 Å². The van der Waals surface area contributed by atoms with E-state index in [1.807, 2.05) is 0 Å². The number of aliphatic hydroxyl groups is 1. The van der Waals surface area contributed by atoms with Crippen molar-refractivity contribution in [2.75, 3.05) is 13.2 Å². The molecule has 1 rings (SSSR count). The van der Waals surface area contributed by atoms with E-state index in [9.17, 15) is 0 Å². The average molecular weight is 213 g/mol. The average Bonchev–Trinajstić information content (AvgIpc) is 2.38. The highest BCUT2D eigenvalue weighted by atomic mass is 16.3. The van der Waals surface area contributed by atoms with Gasteiger partial charge in [0.1, 0.15) is 0 Å². The summed E-state index contributed by atoms with van der Waals surface area (Å²) in [7, 11) is 0. The summed E-state index contributed by atoms with van der Waals surface area (Å²) in [6, 6.07) is 0.643. The zero-order chi connectivity index (χ0) is 11.3. The molecule has 0 aromatic carbocycles. The third-order valence-electron chi connectivity index (χ3n) is 3.74. The number of hydrogen-bond donors (Lipinski definition) is 2. The van der Waals surface area contributed by atoms with Gasteiger partial charge in [0, 0.05) is 12.6 Å². The zero-order valence-corrected chi connectivity index (χ0v) is 10.6. The SMILES string of the molecule is CC(C)(C)C1CCCC(NCCO)CC1. The van der Waals surface area contributed by atoms with Gasteiger partial charge in [-0.3, -0.25) is 0 Å². The highest BCUT2D eigenvalue weighted by Crippen LogP contribution is 2.36. The van der Waals surface area contributed by atoms with Crippen LogP contribution in [0.2, 0.25) is 0 Å². The molecule has 2 atom stereocenters. The third kappa shape index (κ3) is 4.52. The molecule has 2 heteroatoms. The first-order valence-corrected chi connectivity index (χ1v) is 6.38. The van der Waals surface area contributed by atoms with Gasteiger partial charge in [0.2, 0.25) is 0 Å². The fourth-order valence-corrected chi connectivity index (χ4v) is 2.64. The van der Waals surface area contributed by atoms with Gasteiger partial charge in [-0.1, -0.05) is 27.2 Å². The second kappa shape index (κ2) is 5.86. The predicted octanol–water partition coefficient (Wildman–Crippen LogP) is 2.56. The molecule has 1 aliphatic carbocycles. The first kappa shape index (κ1) is 13.0. The molecule has 2 unspecified atom stereocenters. The highest BCUT2D eigenvalue weighted by molar-refractivity contribution is 4.80. The minimum atomic E-state index is 0.263. The summed E-state index contributed by atoms with van der Waals surface area (Å²) in [6.45, 7) is 8.10. The van der Waals surface area contributed by atoms with Crippen LogP contribution in [0.1, 0.15) is 52.9 Å². The molecule has 0 heterocycles. The second-order valence-electron chi connectivity index (χ2n) is 5.95. The van der Waals surface area contributed by atoms with E-state index >= 15 is 0 Å². The fraction of sp³-hybridized carbons (Fsp3) is 1.00. The lowest BCUT2D eigenvalue weighted by Crippen LogP contribution is -2.31. The lowest BCUT2D eigenvalue weighted by atomic mass is 9.76. The van der Waals surface area contributed by atoms with Crippen molar-refractivity contribution in [2.45, 2.75) is 58.9 Å². The molecule has 0 aliphatic heterocycles. The molecule has 0 aromatic heterocycles. The topological polar surface area (TPSA) is 32.3 Å². The van der Waals surface area contributed by atoms with Gasteiger partial charge in [-0.25, -0.2) is 0 Å². The monoisotopic (exact) mass is 213 g/mol. The molecule has 1 saturated carbocycles. The van der Waals surface area contributed by atoms with Gasteiger partial charge in [0.15, 0.2) is 0 Å². The van der Waals surface area contributed by atoms with Crippen molar-refractivity contribution in [1.29, 1.82) is 0 Å². The molecule has 0 radical (unpaired) electrons. The molecule has 1 aliphatic rings. The van der Waals surface area contributed by atoms with E-state index in [-0.39, 0.29) is 6.61 Å². The maximum atomic E-state index is 8.79. The van der Waals surface area contributed by atoms with Gasteiger partial charge in [0.05, 0.1) is 6.61 Å². The van der Waals surface area contributed by atoms with Crippen LogP contribution in [0, 0.1) is 11.3 Å². The Morgan fingerprint density at radius 3 is 2.47 bits per heavy atom. The van der Waals surface area contributed by atoms with Crippen LogP contribution in [-0.4, -0.2) is 24.3 Å². The molecule has 15 heavy (non-hydrogen) atoms. The van der Waals surface area contributed by atoms with Crippen molar-refractivity contribution in [1.82, 2.24) is 5.32 Å². The van der Waals surface area contributed by atoms with Crippen LogP contribution in [0.4, 0.5) is 0 Å². The summed E-state index contributed by atoms with van der Waals surface area (Å²) in [4.78, 5) is 0. The normalized spacial score (nSPS) is 28.8. The van der Waals surface area contributed by atoms with Crippen LogP contribution in [0.15, 0.2) is 0 Å². The molecule has 0 spiro atoms. The molecule has 90 valence electrons. The van der Waals surface area contributed by atoms with Crippen molar-refractivity contribution in [3.05, 3.63) is 0 Å². The lowest BCUT2D eigenvalue weighted by Gasteiger charge is -2.29. The van der Waals surface area contributed by atoms with Gasteiger partial charge in [-0.2, -0.15) is 0 Å². The van der Waals surface area contributed by atoms with Gasteiger partial charge in [-0.05, 0) is 37.0 Å². The maximum Gasteiger partial charge on any atom is 0.0556 e. The second-order valence-corrected chi connectivity index (χ2v) is 5.95. The molecule has 2 nitrogen and oxygen atoms in total. The smallest absolute Gasteiger partial charge is 0.0556 e. The Morgan fingerprint density at radius 1 is 1.13 bits per heavy atom. The van der Waals surface area contributed by atoms with Crippen LogP contribution in [-0.2, 0) is 0 Å². The first-order chi connectivity index (χ1) is 7.04. The lowest BCUT2D eigenvalue weighted by molar-refractivity contribution is 0.213. The Kier molecular flexibility index (Phi) is 5.07. The molecule has 0 bridgehead atoms. The van der Waals surface area contributed by atoms with E-state index < -0.39 is 0 Å². The Bertz CT molecular complexity index is 174. The summed E-state index contributed by atoms with van der Waals surface area (Å²) in [5.41, 5.74) is 0.464. The van der Waals surface area contributed by atoms with Gasteiger partial charge in [0.25, 0.3) is 0 Å². The fourth-order valence-electron chi connectivity index (χ4n) is 2.64. The molecule has 0 aromatic rings. The zero-order valence-electron chi connectivity index (χ0n) is 10.6. The number of hydrogen-bond acceptors (Lipinski definition) is 2. The molecule has 0 amide bonds. The number of aliphatic hydroxyl groups excluding tert-OH is 1. The molecule has 1 fully saturated rings. The summed E-state index contributed by atoms with van der Waals surface area (Å²) in [6.07, 6.45) is 6.62. The van der Waals surface area contributed by atoms with Crippen LogP contribution >= 0.6 is 0 Å². The Hall–Kier alpha value is -0.0800. The minimum Gasteiger partial charge on any atom is -0.395 e. The van der Waals surface area contributed by atoms with Gasteiger partial charge < -0.3 is 10.4 Å². The summed E-state index contributed by atoms with van der Waals surface area (Å²) in [5, 5.41) is 12.2. The molecular formula is C13H27NO. The standard InChI is InChI=1S/C13H27NO/c1-13(2,3)11-5-4-6-12(8-7-11)14-9-10-15/h11-12,14-15H,4-10H2,1-3H3. The highest BCUT2D eigenvalue weighted by Gasteiger charge is 2.27. The summed E-state index contributed by atoms with van der Waals surface area (Å²) in [5.74, 6) is 0.874. The van der Waals surface area contributed by atoms with Crippen LogP contribution in [0.5, 0.6) is 0 Å². The Morgan fingerprint density at radius 2 is 1.87 bits per heavy atom. The number of nitrogens with one attached hydrogen (secondary N) is 1. The molecule has 2 N–H and O–H groups in total. The van der Waals surface area contributed by atoms with Crippen molar-refractivity contribution < 1.29 is 5.11 Å². The quantitative estimate of drug-likeness (QED) is 0.706. The third-order valence-corrected chi connectivity index (χ3v) is 3.74. The van der Waals surface area contributed by atoms with Crippen molar-refractivity contribution in [3.8, 4) is 0 Å². The summed E-state index contributed by atoms with van der Waals surface area (Å²) >= 11 is 0. The van der Waals surface area contributed by atoms with E-state index in [2.05, 4.69) is 26.1 Å².